The number of rotatable bonds is 6. The number of carbonyl (C=O) groups is 1. The first kappa shape index (κ1) is 18.4. The molecule has 0 bridgehead atoms. The topological polar surface area (TPSA) is 120 Å². The van der Waals surface area contributed by atoms with Crippen LogP contribution in [0.15, 0.2) is 23.9 Å². The molecule has 0 spiro atoms. The second kappa shape index (κ2) is 7.48. The third-order valence-electron chi connectivity index (χ3n) is 4.50. The van der Waals surface area contributed by atoms with Gasteiger partial charge in [-0.25, -0.2) is 23.1 Å². The predicted octanol–water partition coefficient (Wildman–Crippen LogP) is 1.54. The summed E-state index contributed by atoms with van der Waals surface area (Å²) < 4.78 is 24.6. The molecule has 0 radical (unpaired) electrons. The van der Waals surface area contributed by atoms with Gasteiger partial charge >= 0.3 is 0 Å². The van der Waals surface area contributed by atoms with Crippen molar-refractivity contribution in [2.45, 2.75) is 50.2 Å². The van der Waals surface area contributed by atoms with Crippen molar-refractivity contribution in [1.29, 1.82) is 0 Å². The number of sulfone groups is 1. The van der Waals surface area contributed by atoms with Crippen molar-refractivity contribution in [2.24, 2.45) is 5.92 Å². The molecular formula is C16H22N6O3S. The van der Waals surface area contributed by atoms with E-state index in [0.29, 0.717) is 18.2 Å². The number of amides is 1. The molecule has 2 aromatic rings. The van der Waals surface area contributed by atoms with Gasteiger partial charge in [0.25, 0.3) is 11.1 Å². The summed E-state index contributed by atoms with van der Waals surface area (Å²) in [5.74, 6) is 0.446. The van der Waals surface area contributed by atoms with Gasteiger partial charge in [0, 0.05) is 6.26 Å². The van der Waals surface area contributed by atoms with Crippen LogP contribution in [0.3, 0.4) is 0 Å². The lowest BCUT2D eigenvalue weighted by Gasteiger charge is -2.19. The summed E-state index contributed by atoms with van der Waals surface area (Å²) in [4.78, 5) is 24.9. The molecule has 1 aliphatic rings. The maximum atomic E-state index is 12.8. The van der Waals surface area contributed by atoms with E-state index in [2.05, 4.69) is 25.4 Å². The van der Waals surface area contributed by atoms with Crippen LogP contribution in [0.1, 0.15) is 43.8 Å². The molecular weight excluding hydrogens is 356 g/mol. The van der Waals surface area contributed by atoms with Crippen LogP contribution >= 0.6 is 0 Å². The second-order valence-corrected chi connectivity index (χ2v) is 8.62. The molecule has 1 atom stereocenters. The average Bonchev–Trinajstić information content (AvgIpc) is 3.25. The summed E-state index contributed by atoms with van der Waals surface area (Å²) in [6.45, 7) is 1.81. The summed E-state index contributed by atoms with van der Waals surface area (Å²) in [5, 5.41) is 6.48. The Balaban J connectivity index is 1.83. The highest BCUT2D eigenvalue weighted by molar-refractivity contribution is 7.90. The first-order valence-corrected chi connectivity index (χ1v) is 10.4. The van der Waals surface area contributed by atoms with E-state index in [4.69, 9.17) is 0 Å². The average molecular weight is 378 g/mol. The molecule has 140 valence electrons. The molecule has 1 saturated carbocycles. The molecule has 26 heavy (non-hydrogen) atoms. The largest absolute Gasteiger partial charge is 0.308 e. The molecule has 3 rings (SSSR count). The monoisotopic (exact) mass is 378 g/mol. The minimum Gasteiger partial charge on any atom is -0.308 e. The number of hydrogen-bond donors (Lipinski definition) is 1. The van der Waals surface area contributed by atoms with E-state index in [1.807, 2.05) is 6.92 Å². The zero-order chi connectivity index (χ0) is 18.7. The lowest BCUT2D eigenvalue weighted by molar-refractivity contribution is -0.120. The van der Waals surface area contributed by atoms with E-state index >= 15 is 0 Å². The number of nitrogens with zero attached hydrogens (tertiary/aromatic N) is 5. The van der Waals surface area contributed by atoms with E-state index in [-0.39, 0.29) is 11.1 Å². The Morgan fingerprint density at radius 2 is 2.00 bits per heavy atom. The van der Waals surface area contributed by atoms with E-state index in [0.717, 1.165) is 37.6 Å². The van der Waals surface area contributed by atoms with E-state index in [1.54, 1.807) is 6.20 Å². The SMILES string of the molecule is Cc1cnc(NC(=O)[C@H](CC2CCCC2)n2cnc(S(C)(=O)=O)n2)cn1. The van der Waals surface area contributed by atoms with Gasteiger partial charge in [-0.2, -0.15) is 0 Å². The Labute approximate surface area is 152 Å². The molecule has 1 aliphatic carbocycles. The molecule has 0 aliphatic heterocycles. The number of nitrogens with one attached hydrogen (secondary N) is 1. The van der Waals surface area contributed by atoms with Gasteiger partial charge in [-0.05, 0) is 19.3 Å². The Kier molecular flexibility index (Phi) is 5.30. The first-order valence-electron chi connectivity index (χ1n) is 8.53. The van der Waals surface area contributed by atoms with Gasteiger partial charge in [-0.1, -0.05) is 25.7 Å². The number of carbonyl (C=O) groups excluding carboxylic acids is 1. The summed E-state index contributed by atoms with van der Waals surface area (Å²) in [6.07, 6.45) is 10.4. The number of anilines is 1. The third-order valence-corrected chi connectivity index (χ3v) is 5.36. The van der Waals surface area contributed by atoms with Crippen LogP contribution in [-0.2, 0) is 14.6 Å². The maximum Gasteiger partial charge on any atom is 0.266 e. The molecule has 9 nitrogen and oxygen atoms in total. The normalized spacial score (nSPS) is 16.5. The lowest BCUT2D eigenvalue weighted by atomic mass is 9.98. The van der Waals surface area contributed by atoms with Gasteiger partial charge < -0.3 is 5.32 Å². The molecule has 1 amide bonds. The summed E-state index contributed by atoms with van der Waals surface area (Å²) in [7, 11) is -3.53. The van der Waals surface area contributed by atoms with Crippen molar-refractivity contribution < 1.29 is 13.2 Å². The second-order valence-electron chi connectivity index (χ2n) is 6.71. The number of aryl methyl sites for hydroxylation is 1. The van der Waals surface area contributed by atoms with Gasteiger partial charge in [-0.15, -0.1) is 5.10 Å². The summed E-state index contributed by atoms with van der Waals surface area (Å²) in [6, 6.07) is -0.649. The van der Waals surface area contributed by atoms with Crippen LogP contribution in [0.25, 0.3) is 0 Å². The fourth-order valence-corrected chi connectivity index (χ4v) is 3.62. The Morgan fingerprint density at radius 3 is 2.58 bits per heavy atom. The molecule has 0 saturated heterocycles. The predicted molar refractivity (Wildman–Crippen MR) is 94.1 cm³/mol. The Bertz CT molecular complexity index is 872. The fourth-order valence-electron chi connectivity index (χ4n) is 3.14. The van der Waals surface area contributed by atoms with Gasteiger partial charge in [-0.3, -0.25) is 9.78 Å². The van der Waals surface area contributed by atoms with E-state index < -0.39 is 15.9 Å². The number of aromatic nitrogens is 5. The van der Waals surface area contributed by atoms with Crippen LogP contribution < -0.4 is 5.32 Å². The van der Waals surface area contributed by atoms with Crippen molar-refractivity contribution in [3.63, 3.8) is 0 Å². The molecule has 10 heteroatoms. The molecule has 0 unspecified atom stereocenters. The first-order chi connectivity index (χ1) is 12.3. The highest BCUT2D eigenvalue weighted by Gasteiger charge is 2.29. The summed E-state index contributed by atoms with van der Waals surface area (Å²) in [5.41, 5.74) is 0.750. The van der Waals surface area contributed by atoms with Crippen LogP contribution in [0.5, 0.6) is 0 Å². The standard InChI is InChI=1S/C16H22N6O3S/c1-11-8-18-14(9-17-11)20-15(23)13(7-12-5-3-4-6-12)22-10-19-16(21-22)26(2,24)25/h8-10,12-13H,3-7H2,1-2H3,(H,18,20,23)/t13-/m0/s1. The van der Waals surface area contributed by atoms with Crippen molar-refractivity contribution >= 4 is 21.6 Å². The quantitative estimate of drug-likeness (QED) is 0.809. The molecule has 1 N–H and O–H groups in total. The van der Waals surface area contributed by atoms with Crippen LogP contribution in [0.4, 0.5) is 5.82 Å². The van der Waals surface area contributed by atoms with Crippen LogP contribution in [-0.4, -0.2) is 45.3 Å². The van der Waals surface area contributed by atoms with E-state index in [9.17, 15) is 13.2 Å². The summed E-state index contributed by atoms with van der Waals surface area (Å²) >= 11 is 0. The van der Waals surface area contributed by atoms with Crippen molar-refractivity contribution in [3.8, 4) is 0 Å². The van der Waals surface area contributed by atoms with Crippen LogP contribution in [0.2, 0.25) is 0 Å². The third kappa shape index (κ3) is 4.43. The fraction of sp³-hybridized carbons (Fsp3) is 0.562. The smallest absolute Gasteiger partial charge is 0.266 e. The van der Waals surface area contributed by atoms with Gasteiger partial charge in [0.05, 0.1) is 18.1 Å². The lowest BCUT2D eigenvalue weighted by Crippen LogP contribution is -2.28. The highest BCUT2D eigenvalue weighted by atomic mass is 32.2. The van der Waals surface area contributed by atoms with Crippen molar-refractivity contribution in [2.75, 3.05) is 11.6 Å². The van der Waals surface area contributed by atoms with Gasteiger partial charge in [0.1, 0.15) is 12.4 Å². The molecule has 1 fully saturated rings. The van der Waals surface area contributed by atoms with E-state index in [1.165, 1.54) is 17.2 Å². The highest BCUT2D eigenvalue weighted by Crippen LogP contribution is 2.32. The molecule has 2 aromatic heterocycles. The minimum absolute atomic E-state index is 0.281. The van der Waals surface area contributed by atoms with Gasteiger partial charge in [0.15, 0.2) is 5.82 Å². The molecule has 2 heterocycles. The Hall–Kier alpha value is -2.36. The zero-order valence-corrected chi connectivity index (χ0v) is 15.6. The van der Waals surface area contributed by atoms with Crippen LogP contribution in [0, 0.1) is 12.8 Å². The number of hydrogen-bond acceptors (Lipinski definition) is 7. The maximum absolute atomic E-state index is 12.8. The van der Waals surface area contributed by atoms with Crippen molar-refractivity contribution in [3.05, 3.63) is 24.4 Å². The minimum atomic E-state index is -3.53. The Morgan fingerprint density at radius 1 is 1.27 bits per heavy atom. The van der Waals surface area contributed by atoms with Crippen molar-refractivity contribution in [1.82, 2.24) is 24.7 Å². The zero-order valence-electron chi connectivity index (χ0n) is 14.8. The molecule has 0 aromatic carbocycles. The van der Waals surface area contributed by atoms with Gasteiger partial charge in [0.2, 0.25) is 9.84 Å².